The normalized spacial score (nSPS) is 12.2. The van der Waals surface area contributed by atoms with Gasteiger partial charge in [-0.2, -0.15) is 0 Å². The van der Waals surface area contributed by atoms with Crippen LogP contribution >= 0.6 is 0 Å². The van der Waals surface area contributed by atoms with Crippen molar-refractivity contribution in [2.24, 2.45) is 0 Å². The highest BCUT2D eigenvalue weighted by atomic mass is 16.3. The number of nitrogens with zero attached hydrogens (tertiary/aromatic N) is 3. The molecule has 0 bridgehead atoms. The number of hydrogen-bond acceptors (Lipinski definition) is 3. The number of hydrogen-bond donors (Lipinski definition) is 2. The second kappa shape index (κ2) is 7.82. The second-order valence-electron chi connectivity index (χ2n) is 6.83. The number of aliphatic hydroxyl groups excluding tert-OH is 1. The average Bonchev–Trinajstić information content (AvgIpc) is 3.33. The van der Waals surface area contributed by atoms with Crippen LogP contribution in [0.5, 0.6) is 0 Å². The van der Waals surface area contributed by atoms with Crippen LogP contribution in [0.4, 0.5) is 0 Å². The van der Waals surface area contributed by atoms with Gasteiger partial charge in [-0.1, -0.05) is 67.6 Å². The Balaban J connectivity index is 1.94. The fraction of sp³-hybridized carbons (Fsp3) is 0.217. The van der Waals surface area contributed by atoms with Crippen molar-refractivity contribution in [1.29, 1.82) is 0 Å². The summed E-state index contributed by atoms with van der Waals surface area (Å²) in [6.07, 6.45) is 2.64. The van der Waals surface area contributed by atoms with E-state index in [1.165, 1.54) is 0 Å². The lowest BCUT2D eigenvalue weighted by atomic mass is 10.0. The fourth-order valence-electron chi connectivity index (χ4n) is 3.59. The molecule has 2 aromatic heterocycles. The largest absolute Gasteiger partial charge is 0.394 e. The minimum atomic E-state index is -0.234. The number of aromatic amines is 1. The van der Waals surface area contributed by atoms with E-state index in [1.807, 2.05) is 66.3 Å². The number of rotatable bonds is 6. The molecule has 2 N–H and O–H groups in total. The molecule has 142 valence electrons. The van der Waals surface area contributed by atoms with Crippen LogP contribution < -0.4 is 0 Å². The molecule has 0 amide bonds. The number of aliphatic hydroxyl groups is 1. The van der Waals surface area contributed by atoms with Crippen molar-refractivity contribution < 1.29 is 5.11 Å². The predicted octanol–water partition coefficient (Wildman–Crippen LogP) is 4.39. The Bertz CT molecular complexity index is 1050. The monoisotopic (exact) mass is 372 g/mol. The van der Waals surface area contributed by atoms with E-state index in [-0.39, 0.29) is 12.6 Å². The van der Waals surface area contributed by atoms with Gasteiger partial charge in [0, 0.05) is 17.7 Å². The predicted molar refractivity (Wildman–Crippen MR) is 111 cm³/mol. The highest BCUT2D eigenvalue weighted by Crippen LogP contribution is 2.35. The van der Waals surface area contributed by atoms with E-state index in [9.17, 15) is 5.11 Å². The molecule has 2 heterocycles. The van der Waals surface area contributed by atoms with Gasteiger partial charge in [0.25, 0.3) is 0 Å². The van der Waals surface area contributed by atoms with Crippen molar-refractivity contribution in [2.45, 2.75) is 26.3 Å². The minimum Gasteiger partial charge on any atom is -0.394 e. The Morgan fingerprint density at radius 2 is 1.68 bits per heavy atom. The van der Waals surface area contributed by atoms with E-state index in [0.29, 0.717) is 0 Å². The molecule has 5 nitrogen and oxygen atoms in total. The number of aromatic nitrogens is 4. The molecule has 0 unspecified atom stereocenters. The standard InChI is InChI=1S/C23H24N4O/c1-3-20-25-16(2)21(26-20)23-22(18-12-8-5-9-13-18)24-15-27(23)19(14-28)17-10-6-4-7-11-17/h4-13,15,19,28H,3,14H2,1-2H3,(H,25,26)/t19-/m1/s1. The van der Waals surface area contributed by atoms with Gasteiger partial charge in [0.1, 0.15) is 11.5 Å². The summed E-state index contributed by atoms with van der Waals surface area (Å²) >= 11 is 0. The zero-order chi connectivity index (χ0) is 19.5. The number of aryl methyl sites for hydroxylation is 2. The molecule has 5 heteroatoms. The second-order valence-corrected chi connectivity index (χ2v) is 6.83. The van der Waals surface area contributed by atoms with Crippen LogP contribution in [-0.2, 0) is 6.42 Å². The number of benzene rings is 2. The molecule has 28 heavy (non-hydrogen) atoms. The molecular weight excluding hydrogens is 348 g/mol. The van der Waals surface area contributed by atoms with Gasteiger partial charge in [-0.15, -0.1) is 0 Å². The summed E-state index contributed by atoms with van der Waals surface area (Å²) in [5.74, 6) is 0.944. The van der Waals surface area contributed by atoms with Gasteiger partial charge in [-0.05, 0) is 12.5 Å². The van der Waals surface area contributed by atoms with Crippen LogP contribution in [0.3, 0.4) is 0 Å². The van der Waals surface area contributed by atoms with E-state index in [1.54, 1.807) is 0 Å². The van der Waals surface area contributed by atoms with Crippen LogP contribution in [0.1, 0.15) is 30.0 Å². The van der Waals surface area contributed by atoms with Gasteiger partial charge >= 0.3 is 0 Å². The minimum absolute atomic E-state index is 0.0221. The van der Waals surface area contributed by atoms with Crippen molar-refractivity contribution in [3.05, 3.63) is 84.1 Å². The van der Waals surface area contributed by atoms with E-state index in [2.05, 4.69) is 24.0 Å². The summed E-state index contributed by atoms with van der Waals surface area (Å²) in [5, 5.41) is 10.2. The first-order chi connectivity index (χ1) is 13.7. The van der Waals surface area contributed by atoms with E-state index in [0.717, 1.165) is 46.1 Å². The van der Waals surface area contributed by atoms with Crippen molar-refractivity contribution in [3.8, 4) is 22.6 Å². The Morgan fingerprint density at radius 3 is 2.29 bits per heavy atom. The average molecular weight is 372 g/mol. The molecule has 0 fully saturated rings. The number of nitrogens with one attached hydrogen (secondary N) is 1. The highest BCUT2D eigenvalue weighted by Gasteiger charge is 2.24. The fourth-order valence-corrected chi connectivity index (χ4v) is 3.59. The summed E-state index contributed by atoms with van der Waals surface area (Å²) in [6.45, 7) is 4.09. The lowest BCUT2D eigenvalue weighted by Crippen LogP contribution is -2.15. The maximum absolute atomic E-state index is 10.2. The van der Waals surface area contributed by atoms with E-state index < -0.39 is 0 Å². The lowest BCUT2D eigenvalue weighted by Gasteiger charge is -2.19. The molecule has 0 saturated carbocycles. The molecule has 0 saturated heterocycles. The molecule has 4 aromatic rings. The molecule has 2 aromatic carbocycles. The summed E-state index contributed by atoms with van der Waals surface area (Å²) < 4.78 is 2.04. The third-order valence-electron chi connectivity index (χ3n) is 5.03. The van der Waals surface area contributed by atoms with Crippen LogP contribution in [0.2, 0.25) is 0 Å². The molecular formula is C23H24N4O. The van der Waals surface area contributed by atoms with Gasteiger partial charge in [-0.3, -0.25) is 0 Å². The van der Waals surface area contributed by atoms with Crippen LogP contribution in [0.15, 0.2) is 67.0 Å². The summed E-state index contributed by atoms with van der Waals surface area (Å²) in [5.41, 5.74) is 5.73. The number of imidazole rings is 2. The van der Waals surface area contributed by atoms with Crippen LogP contribution in [-0.4, -0.2) is 31.2 Å². The van der Waals surface area contributed by atoms with Crippen LogP contribution in [0, 0.1) is 6.92 Å². The highest BCUT2D eigenvalue weighted by molar-refractivity contribution is 5.78. The van der Waals surface area contributed by atoms with E-state index >= 15 is 0 Å². The SMILES string of the molecule is CCc1nc(-c2c(-c3ccccc3)ncn2[C@H](CO)c2ccccc2)c(C)[nH]1. The Labute approximate surface area is 164 Å². The van der Waals surface area contributed by atoms with Gasteiger partial charge in [-0.25, -0.2) is 9.97 Å². The van der Waals surface area contributed by atoms with Gasteiger partial charge < -0.3 is 14.7 Å². The number of H-pyrrole nitrogens is 1. The molecule has 0 radical (unpaired) electrons. The summed E-state index contributed by atoms with van der Waals surface area (Å²) in [6, 6.07) is 19.9. The Hall–Kier alpha value is -3.18. The van der Waals surface area contributed by atoms with Crippen molar-refractivity contribution in [2.75, 3.05) is 6.61 Å². The van der Waals surface area contributed by atoms with E-state index in [4.69, 9.17) is 9.97 Å². The summed E-state index contributed by atoms with van der Waals surface area (Å²) in [4.78, 5) is 12.9. The Morgan fingerprint density at radius 1 is 1.00 bits per heavy atom. The zero-order valence-electron chi connectivity index (χ0n) is 16.1. The van der Waals surface area contributed by atoms with Crippen molar-refractivity contribution in [1.82, 2.24) is 19.5 Å². The molecule has 1 atom stereocenters. The smallest absolute Gasteiger partial charge is 0.110 e. The Kier molecular flexibility index (Phi) is 5.08. The van der Waals surface area contributed by atoms with Crippen molar-refractivity contribution in [3.63, 3.8) is 0 Å². The summed E-state index contributed by atoms with van der Waals surface area (Å²) in [7, 11) is 0. The first-order valence-electron chi connectivity index (χ1n) is 9.56. The van der Waals surface area contributed by atoms with Gasteiger partial charge in [0.2, 0.25) is 0 Å². The van der Waals surface area contributed by atoms with Gasteiger partial charge in [0.15, 0.2) is 0 Å². The molecule has 0 aliphatic heterocycles. The molecule has 0 aliphatic rings. The molecule has 4 rings (SSSR count). The molecule has 0 aliphatic carbocycles. The van der Waals surface area contributed by atoms with Crippen molar-refractivity contribution >= 4 is 0 Å². The van der Waals surface area contributed by atoms with Gasteiger partial charge in [0.05, 0.1) is 30.4 Å². The first kappa shape index (κ1) is 18.2. The maximum atomic E-state index is 10.2. The topological polar surface area (TPSA) is 66.7 Å². The third-order valence-corrected chi connectivity index (χ3v) is 5.03. The third kappa shape index (κ3) is 3.25. The zero-order valence-corrected chi connectivity index (χ0v) is 16.1. The lowest BCUT2D eigenvalue weighted by molar-refractivity contribution is 0.250. The first-order valence-corrected chi connectivity index (χ1v) is 9.56. The quantitative estimate of drug-likeness (QED) is 0.527. The van der Waals surface area contributed by atoms with Crippen LogP contribution in [0.25, 0.3) is 22.6 Å². The molecule has 0 spiro atoms. The maximum Gasteiger partial charge on any atom is 0.110 e.